The van der Waals surface area contributed by atoms with Gasteiger partial charge in [-0.3, -0.25) is 4.79 Å². The summed E-state index contributed by atoms with van der Waals surface area (Å²) in [6, 6.07) is 2.93. The lowest BCUT2D eigenvalue weighted by molar-refractivity contribution is 0.00573. The van der Waals surface area contributed by atoms with Crippen LogP contribution in [0.3, 0.4) is 0 Å². The van der Waals surface area contributed by atoms with Crippen LogP contribution in [-0.4, -0.2) is 87.5 Å². The minimum Gasteiger partial charge on any atom is -0.496 e. The number of benzene rings is 1. The zero-order chi connectivity index (χ0) is 21.7. The summed E-state index contributed by atoms with van der Waals surface area (Å²) in [6.07, 6.45) is 1.24. The number of methoxy groups -OCH3 is 2. The van der Waals surface area contributed by atoms with E-state index in [1.165, 1.54) is 13.2 Å². The molecule has 2 aliphatic heterocycles. The molecule has 9 nitrogen and oxygen atoms in total. The van der Waals surface area contributed by atoms with Gasteiger partial charge in [-0.1, -0.05) is 11.6 Å². The molecular formula is C20H29ClN4O5. The van der Waals surface area contributed by atoms with Crippen molar-refractivity contribution in [1.29, 1.82) is 0 Å². The molecule has 10 heteroatoms. The lowest BCUT2D eigenvalue weighted by Crippen LogP contribution is -2.55. The van der Waals surface area contributed by atoms with Crippen LogP contribution in [0, 0.1) is 0 Å². The number of piperidine rings is 1. The van der Waals surface area contributed by atoms with Gasteiger partial charge in [-0.2, -0.15) is 0 Å². The van der Waals surface area contributed by atoms with Crippen molar-refractivity contribution in [3.63, 3.8) is 0 Å². The normalized spacial score (nSPS) is 22.1. The Morgan fingerprint density at radius 2 is 2.13 bits per heavy atom. The number of cyclic esters (lactones) is 1. The van der Waals surface area contributed by atoms with E-state index in [2.05, 4.69) is 10.2 Å². The predicted molar refractivity (Wildman–Crippen MR) is 113 cm³/mol. The van der Waals surface area contributed by atoms with Crippen LogP contribution in [0.25, 0.3) is 0 Å². The Balaban J connectivity index is 1.53. The van der Waals surface area contributed by atoms with Crippen molar-refractivity contribution in [2.45, 2.75) is 25.0 Å². The molecule has 166 valence electrons. The molecule has 0 aromatic heterocycles. The van der Waals surface area contributed by atoms with Gasteiger partial charge in [0.05, 0.1) is 42.1 Å². The molecule has 0 spiro atoms. The highest BCUT2D eigenvalue weighted by atomic mass is 35.5. The van der Waals surface area contributed by atoms with E-state index < -0.39 is 0 Å². The lowest BCUT2D eigenvalue weighted by Gasteiger charge is -2.38. The molecule has 0 aliphatic carbocycles. The summed E-state index contributed by atoms with van der Waals surface area (Å²) in [5.74, 6) is 0.100. The summed E-state index contributed by atoms with van der Waals surface area (Å²) >= 11 is 6.09. The van der Waals surface area contributed by atoms with E-state index in [-0.39, 0.29) is 24.1 Å². The lowest BCUT2D eigenvalue weighted by atomic mass is 10.0. The van der Waals surface area contributed by atoms with Crippen molar-refractivity contribution in [1.82, 2.24) is 15.1 Å². The maximum atomic E-state index is 12.8. The first-order valence-corrected chi connectivity index (χ1v) is 10.4. The fourth-order valence-electron chi connectivity index (χ4n) is 3.86. The Morgan fingerprint density at radius 3 is 2.80 bits per heavy atom. The van der Waals surface area contributed by atoms with Gasteiger partial charge in [0.15, 0.2) is 0 Å². The van der Waals surface area contributed by atoms with Crippen LogP contribution >= 0.6 is 11.6 Å². The zero-order valence-electron chi connectivity index (χ0n) is 17.4. The fourth-order valence-corrected chi connectivity index (χ4v) is 4.03. The van der Waals surface area contributed by atoms with Gasteiger partial charge in [-0.05, 0) is 25.5 Å². The van der Waals surface area contributed by atoms with Crippen LogP contribution in [0.5, 0.6) is 5.75 Å². The number of hydrogen-bond donors (Lipinski definition) is 2. The molecule has 1 aromatic carbocycles. The molecule has 0 bridgehead atoms. The molecule has 2 amide bonds. The molecule has 3 rings (SSSR count). The van der Waals surface area contributed by atoms with Crippen LogP contribution in [0.15, 0.2) is 12.1 Å². The van der Waals surface area contributed by atoms with Crippen LogP contribution < -0.4 is 15.8 Å². The summed E-state index contributed by atoms with van der Waals surface area (Å²) in [5.41, 5.74) is 6.49. The van der Waals surface area contributed by atoms with E-state index in [0.717, 1.165) is 25.9 Å². The van der Waals surface area contributed by atoms with Gasteiger partial charge >= 0.3 is 6.09 Å². The number of hydrogen-bond acceptors (Lipinski definition) is 7. The SMILES string of the molecule is COc1cc(N)c(Cl)cc1C(=O)N[C@H]1CCN(CCCN2CCOC2=O)C[C@H]1OC. The Kier molecular flexibility index (Phi) is 7.63. The van der Waals surface area contributed by atoms with Crippen LogP contribution in [-0.2, 0) is 9.47 Å². The molecule has 30 heavy (non-hydrogen) atoms. The van der Waals surface area contributed by atoms with Gasteiger partial charge in [-0.25, -0.2) is 4.79 Å². The number of nitrogens with one attached hydrogen (secondary N) is 1. The largest absolute Gasteiger partial charge is 0.496 e. The average molecular weight is 441 g/mol. The Morgan fingerprint density at radius 1 is 1.33 bits per heavy atom. The summed E-state index contributed by atoms with van der Waals surface area (Å²) in [7, 11) is 3.13. The molecule has 3 N–H and O–H groups in total. The van der Waals surface area contributed by atoms with Crippen molar-refractivity contribution in [3.8, 4) is 5.75 Å². The summed E-state index contributed by atoms with van der Waals surface area (Å²) in [5, 5.41) is 3.35. The number of carbonyl (C=O) groups is 2. The number of nitrogens with zero attached hydrogens (tertiary/aromatic N) is 2. The Hall–Kier alpha value is -2.23. The Labute approximate surface area is 181 Å². The molecule has 2 fully saturated rings. The fraction of sp³-hybridized carbons (Fsp3) is 0.600. The zero-order valence-corrected chi connectivity index (χ0v) is 18.1. The van der Waals surface area contributed by atoms with Crippen molar-refractivity contribution in [2.75, 3.05) is 59.3 Å². The minimum atomic E-state index is -0.276. The van der Waals surface area contributed by atoms with Crippen molar-refractivity contribution in [2.24, 2.45) is 0 Å². The number of anilines is 1. The highest BCUT2D eigenvalue weighted by molar-refractivity contribution is 6.33. The van der Waals surface area contributed by atoms with Gasteiger partial charge in [-0.15, -0.1) is 0 Å². The topological polar surface area (TPSA) is 106 Å². The first-order valence-electron chi connectivity index (χ1n) is 10.0. The van der Waals surface area contributed by atoms with Crippen LogP contribution in [0.2, 0.25) is 5.02 Å². The van der Waals surface area contributed by atoms with Gasteiger partial charge in [0.2, 0.25) is 0 Å². The third-order valence-electron chi connectivity index (χ3n) is 5.57. The molecular weight excluding hydrogens is 412 g/mol. The number of carbonyl (C=O) groups excluding carboxylic acids is 2. The number of likely N-dealkylation sites (tertiary alicyclic amines) is 1. The van der Waals surface area contributed by atoms with Gasteiger partial charge < -0.3 is 35.1 Å². The highest BCUT2D eigenvalue weighted by Crippen LogP contribution is 2.29. The first-order chi connectivity index (χ1) is 14.4. The quantitative estimate of drug-likeness (QED) is 0.591. The van der Waals surface area contributed by atoms with E-state index in [1.54, 1.807) is 18.1 Å². The van der Waals surface area contributed by atoms with Gasteiger partial charge in [0.1, 0.15) is 12.4 Å². The molecule has 2 aliphatic rings. The molecule has 2 heterocycles. The van der Waals surface area contributed by atoms with E-state index >= 15 is 0 Å². The van der Waals surface area contributed by atoms with Crippen molar-refractivity contribution >= 4 is 29.3 Å². The second kappa shape index (κ2) is 10.2. The third kappa shape index (κ3) is 5.27. The minimum absolute atomic E-state index is 0.131. The molecule has 2 saturated heterocycles. The van der Waals surface area contributed by atoms with Crippen molar-refractivity contribution in [3.05, 3.63) is 22.7 Å². The molecule has 1 aromatic rings. The molecule has 0 radical (unpaired) electrons. The smallest absolute Gasteiger partial charge is 0.409 e. The van der Waals surface area contributed by atoms with E-state index in [4.69, 9.17) is 31.5 Å². The van der Waals surface area contributed by atoms with Gasteiger partial charge in [0.25, 0.3) is 5.91 Å². The number of nitrogen functional groups attached to an aromatic ring is 1. The predicted octanol–water partition coefficient (Wildman–Crippen LogP) is 1.59. The maximum Gasteiger partial charge on any atom is 0.409 e. The number of amides is 2. The number of halogens is 1. The summed E-state index contributed by atoms with van der Waals surface area (Å²) < 4.78 is 15.9. The van der Waals surface area contributed by atoms with Crippen LogP contribution in [0.4, 0.5) is 10.5 Å². The number of nitrogens with two attached hydrogens (primary N) is 1. The molecule has 2 atom stereocenters. The van der Waals surface area contributed by atoms with Crippen molar-refractivity contribution < 1.29 is 23.8 Å². The summed E-state index contributed by atoms with van der Waals surface area (Å²) in [6.45, 7) is 4.20. The molecule has 0 saturated carbocycles. The summed E-state index contributed by atoms with van der Waals surface area (Å²) in [4.78, 5) is 28.4. The van der Waals surface area contributed by atoms with E-state index in [0.29, 0.717) is 48.3 Å². The van der Waals surface area contributed by atoms with Crippen LogP contribution in [0.1, 0.15) is 23.2 Å². The second-order valence-electron chi connectivity index (χ2n) is 7.47. The number of rotatable bonds is 8. The first kappa shape index (κ1) is 22.5. The number of ether oxygens (including phenoxy) is 3. The Bertz CT molecular complexity index is 778. The maximum absolute atomic E-state index is 12.8. The third-order valence-corrected chi connectivity index (χ3v) is 5.90. The average Bonchev–Trinajstić information content (AvgIpc) is 3.15. The van der Waals surface area contributed by atoms with Gasteiger partial charge in [0, 0.05) is 32.8 Å². The standard InChI is InChI=1S/C20H29ClN4O5/c1-28-17-11-15(22)14(21)10-13(17)19(26)23-16-4-7-24(12-18(16)29-2)5-3-6-25-8-9-30-20(25)27/h10-11,16,18H,3-9,12,22H2,1-2H3,(H,23,26)/t16-,18+/m0/s1. The van der Waals surface area contributed by atoms with E-state index in [9.17, 15) is 9.59 Å². The monoisotopic (exact) mass is 440 g/mol. The molecule has 0 unspecified atom stereocenters. The second-order valence-corrected chi connectivity index (χ2v) is 7.88. The highest BCUT2D eigenvalue weighted by Gasteiger charge is 2.31. The van der Waals surface area contributed by atoms with E-state index in [1.807, 2.05) is 0 Å².